The van der Waals surface area contributed by atoms with Crippen LogP contribution in [0.2, 0.25) is 5.02 Å². The van der Waals surface area contributed by atoms with E-state index in [1.165, 1.54) is 0 Å². The van der Waals surface area contributed by atoms with Crippen molar-refractivity contribution in [2.45, 2.75) is 18.1 Å². The van der Waals surface area contributed by atoms with Gasteiger partial charge in [0.15, 0.2) is 0 Å². The average molecular weight is 377 g/mol. The van der Waals surface area contributed by atoms with E-state index in [2.05, 4.69) is 5.32 Å². The Morgan fingerprint density at radius 1 is 1.42 bits per heavy atom. The van der Waals surface area contributed by atoms with E-state index in [1.54, 1.807) is 24.1 Å². The van der Waals surface area contributed by atoms with Gasteiger partial charge in [0.1, 0.15) is 5.60 Å². The molecule has 1 spiro atoms. The number of anilines is 1. The summed E-state index contributed by atoms with van der Waals surface area (Å²) in [6.45, 7) is 1.52. The zero-order valence-electron chi connectivity index (χ0n) is 14.5. The van der Waals surface area contributed by atoms with Crippen LogP contribution in [0, 0.1) is 11.8 Å². The van der Waals surface area contributed by atoms with Crippen molar-refractivity contribution in [1.29, 1.82) is 0 Å². The lowest BCUT2D eigenvalue weighted by molar-refractivity contribution is -0.131. The fourth-order valence-electron chi connectivity index (χ4n) is 4.18. The number of halogens is 1. The Morgan fingerprint density at radius 2 is 2.19 bits per heavy atom. The van der Waals surface area contributed by atoms with Gasteiger partial charge in [-0.2, -0.15) is 0 Å². The molecule has 0 aliphatic carbocycles. The maximum absolute atomic E-state index is 13.1. The Balaban J connectivity index is 1.53. The van der Waals surface area contributed by atoms with Gasteiger partial charge in [0.05, 0.1) is 24.5 Å². The second kappa shape index (κ2) is 6.68. The summed E-state index contributed by atoms with van der Waals surface area (Å²) in [5.74, 6) is -1.19. The van der Waals surface area contributed by atoms with Gasteiger partial charge in [-0.25, -0.2) is 0 Å². The van der Waals surface area contributed by atoms with Gasteiger partial charge in [-0.1, -0.05) is 23.8 Å². The fraction of sp³-hybridized carbons (Fsp3) is 0.474. The molecule has 0 radical (unpaired) electrons. The molecule has 0 saturated carbocycles. The van der Waals surface area contributed by atoms with Gasteiger partial charge in [-0.3, -0.25) is 9.59 Å². The summed E-state index contributed by atoms with van der Waals surface area (Å²) in [4.78, 5) is 27.5. The lowest BCUT2D eigenvalue weighted by Gasteiger charge is -2.23. The lowest BCUT2D eigenvalue weighted by Crippen LogP contribution is -2.44. The SMILES string of the molecule is COCCCNC(=O)[C@H]1[C@H]2C=C[C@@]3(CN(c4ccc(Cl)cc4)C(=O)[C@@H]13)O2. The van der Waals surface area contributed by atoms with Crippen molar-refractivity contribution in [1.82, 2.24) is 5.32 Å². The van der Waals surface area contributed by atoms with Crippen LogP contribution in [-0.4, -0.2) is 50.3 Å². The molecule has 3 aliphatic rings. The van der Waals surface area contributed by atoms with Gasteiger partial charge >= 0.3 is 0 Å². The van der Waals surface area contributed by atoms with Crippen molar-refractivity contribution in [3.8, 4) is 0 Å². The molecule has 0 unspecified atom stereocenters. The van der Waals surface area contributed by atoms with Crippen LogP contribution < -0.4 is 10.2 Å². The normalized spacial score (nSPS) is 31.5. The first-order chi connectivity index (χ1) is 12.6. The first-order valence-electron chi connectivity index (χ1n) is 8.76. The number of carbonyl (C=O) groups is 2. The summed E-state index contributed by atoms with van der Waals surface area (Å²) in [6, 6.07) is 7.13. The molecule has 0 aromatic heterocycles. The number of nitrogens with zero attached hydrogens (tertiary/aromatic N) is 1. The van der Waals surface area contributed by atoms with Crippen LogP contribution in [0.5, 0.6) is 0 Å². The van der Waals surface area contributed by atoms with E-state index in [0.29, 0.717) is 24.7 Å². The van der Waals surface area contributed by atoms with Gasteiger partial charge in [0.25, 0.3) is 0 Å². The summed E-state index contributed by atoms with van der Waals surface area (Å²) in [5.41, 5.74) is 0.0542. The predicted molar refractivity (Wildman–Crippen MR) is 97.0 cm³/mol. The number of nitrogens with one attached hydrogen (secondary N) is 1. The molecule has 1 N–H and O–H groups in total. The summed E-state index contributed by atoms with van der Waals surface area (Å²) >= 11 is 5.95. The van der Waals surface area contributed by atoms with Gasteiger partial charge in [-0.15, -0.1) is 0 Å². The van der Waals surface area contributed by atoms with Crippen LogP contribution >= 0.6 is 11.6 Å². The van der Waals surface area contributed by atoms with E-state index in [4.69, 9.17) is 21.1 Å². The van der Waals surface area contributed by atoms with E-state index < -0.39 is 17.4 Å². The highest BCUT2D eigenvalue weighted by Crippen LogP contribution is 2.52. The van der Waals surface area contributed by atoms with Crippen LogP contribution in [0.25, 0.3) is 0 Å². The van der Waals surface area contributed by atoms with Crippen molar-refractivity contribution in [2.24, 2.45) is 11.8 Å². The Labute approximate surface area is 157 Å². The smallest absolute Gasteiger partial charge is 0.234 e. The Morgan fingerprint density at radius 3 is 2.92 bits per heavy atom. The van der Waals surface area contributed by atoms with E-state index in [-0.39, 0.29) is 17.9 Å². The number of carbonyl (C=O) groups excluding carboxylic acids is 2. The standard InChI is InChI=1S/C19H21ClN2O4/c1-25-10-2-9-21-17(23)15-14-7-8-19(26-14)11-22(18(24)16(15)19)13-5-3-12(20)4-6-13/h3-8,14-16H,2,9-11H2,1H3,(H,21,23)/t14-,15+,16-,19+/m1/s1. The molecular formula is C19H21ClN2O4. The number of fused-ring (bicyclic) bond motifs is 1. The second-order valence-electron chi connectivity index (χ2n) is 6.94. The molecule has 3 aliphatic heterocycles. The highest BCUT2D eigenvalue weighted by atomic mass is 35.5. The zero-order chi connectivity index (χ0) is 18.3. The van der Waals surface area contributed by atoms with Gasteiger partial charge in [0, 0.05) is 31.0 Å². The van der Waals surface area contributed by atoms with Crippen LogP contribution in [0.1, 0.15) is 6.42 Å². The zero-order valence-corrected chi connectivity index (χ0v) is 15.2. The van der Waals surface area contributed by atoms with E-state index in [0.717, 1.165) is 12.1 Å². The van der Waals surface area contributed by atoms with E-state index >= 15 is 0 Å². The maximum atomic E-state index is 13.1. The number of amides is 2. The molecule has 138 valence electrons. The molecule has 2 amide bonds. The van der Waals surface area contributed by atoms with Crippen molar-refractivity contribution in [3.63, 3.8) is 0 Å². The van der Waals surface area contributed by atoms with Crippen molar-refractivity contribution in [3.05, 3.63) is 41.4 Å². The van der Waals surface area contributed by atoms with Gasteiger partial charge in [0.2, 0.25) is 11.8 Å². The molecule has 3 heterocycles. The number of methoxy groups -OCH3 is 1. The van der Waals surface area contributed by atoms with E-state index in [1.807, 2.05) is 24.3 Å². The van der Waals surface area contributed by atoms with Crippen molar-refractivity contribution >= 4 is 29.1 Å². The molecule has 2 fully saturated rings. The number of benzene rings is 1. The van der Waals surface area contributed by atoms with Crippen LogP contribution in [-0.2, 0) is 19.1 Å². The number of ether oxygens (including phenoxy) is 2. The fourth-order valence-corrected chi connectivity index (χ4v) is 4.31. The summed E-state index contributed by atoms with van der Waals surface area (Å²) < 4.78 is 11.1. The number of hydrogen-bond donors (Lipinski definition) is 1. The monoisotopic (exact) mass is 376 g/mol. The van der Waals surface area contributed by atoms with Crippen molar-refractivity contribution < 1.29 is 19.1 Å². The molecule has 26 heavy (non-hydrogen) atoms. The van der Waals surface area contributed by atoms with Gasteiger partial charge in [-0.05, 0) is 30.7 Å². The molecule has 1 aromatic rings. The second-order valence-corrected chi connectivity index (χ2v) is 7.37. The molecule has 4 atom stereocenters. The third kappa shape index (κ3) is 2.73. The molecule has 1 aromatic carbocycles. The topological polar surface area (TPSA) is 67.9 Å². The minimum absolute atomic E-state index is 0.0730. The first kappa shape index (κ1) is 17.5. The van der Waals surface area contributed by atoms with Crippen molar-refractivity contribution in [2.75, 3.05) is 31.7 Å². The molecule has 4 rings (SSSR count). The molecule has 2 saturated heterocycles. The minimum atomic E-state index is -0.712. The number of hydrogen-bond acceptors (Lipinski definition) is 4. The van der Waals surface area contributed by atoms with Gasteiger partial charge < -0.3 is 19.7 Å². The largest absolute Gasteiger partial charge is 0.385 e. The molecule has 7 heteroatoms. The molecule has 2 bridgehead atoms. The van der Waals surface area contributed by atoms with Crippen LogP contribution in [0.15, 0.2) is 36.4 Å². The third-order valence-corrected chi connectivity index (χ3v) is 5.62. The first-order valence-corrected chi connectivity index (χ1v) is 9.14. The summed E-state index contributed by atoms with van der Waals surface area (Å²) in [6.07, 6.45) is 4.26. The summed E-state index contributed by atoms with van der Waals surface area (Å²) in [7, 11) is 1.63. The quantitative estimate of drug-likeness (QED) is 0.607. The highest BCUT2D eigenvalue weighted by molar-refractivity contribution is 6.30. The minimum Gasteiger partial charge on any atom is -0.385 e. The lowest BCUT2D eigenvalue weighted by atomic mass is 9.77. The highest BCUT2D eigenvalue weighted by Gasteiger charge is 2.66. The third-order valence-electron chi connectivity index (χ3n) is 5.37. The van der Waals surface area contributed by atoms with E-state index in [9.17, 15) is 9.59 Å². The maximum Gasteiger partial charge on any atom is 0.234 e. The Kier molecular flexibility index (Phi) is 4.50. The Bertz CT molecular complexity index is 750. The predicted octanol–water partition coefficient (Wildman–Crippen LogP) is 1.78. The Hall–Kier alpha value is -1.89. The molecular weight excluding hydrogens is 356 g/mol. The molecule has 6 nitrogen and oxygen atoms in total. The number of rotatable bonds is 6. The van der Waals surface area contributed by atoms with Crippen LogP contribution in [0.4, 0.5) is 5.69 Å². The van der Waals surface area contributed by atoms with Crippen LogP contribution in [0.3, 0.4) is 0 Å². The summed E-state index contributed by atoms with van der Waals surface area (Å²) in [5, 5.41) is 3.53. The average Bonchev–Trinajstić information content (AvgIpc) is 3.28.